The van der Waals surface area contributed by atoms with Crippen molar-refractivity contribution in [2.45, 2.75) is 37.6 Å². The summed E-state index contributed by atoms with van der Waals surface area (Å²) in [4.78, 5) is 5.78. The molecule has 0 saturated heterocycles. The monoisotopic (exact) mass is 300 g/mol. The molecule has 2 aromatic rings. The summed E-state index contributed by atoms with van der Waals surface area (Å²) in [6.07, 6.45) is 4.02. The molecule has 0 aliphatic heterocycles. The van der Waals surface area contributed by atoms with Gasteiger partial charge in [0.1, 0.15) is 0 Å². The van der Waals surface area contributed by atoms with Crippen LogP contribution in [-0.4, -0.2) is 23.3 Å². The summed E-state index contributed by atoms with van der Waals surface area (Å²) in [5.41, 5.74) is 2.48. The van der Waals surface area contributed by atoms with Crippen LogP contribution in [0.2, 0.25) is 0 Å². The maximum Gasteiger partial charge on any atom is 0.0419 e. The summed E-state index contributed by atoms with van der Waals surface area (Å²) >= 11 is 1.92. The Kier molecular flexibility index (Phi) is 6.77. The summed E-state index contributed by atoms with van der Waals surface area (Å²) < 4.78 is 0. The number of aryl methyl sites for hydroxylation is 1. The molecule has 0 radical (unpaired) electrons. The van der Waals surface area contributed by atoms with Crippen LogP contribution in [-0.2, 0) is 6.42 Å². The van der Waals surface area contributed by atoms with Gasteiger partial charge in [0, 0.05) is 35.0 Å². The Morgan fingerprint density at radius 2 is 1.95 bits per heavy atom. The van der Waals surface area contributed by atoms with Gasteiger partial charge < -0.3 is 5.32 Å². The molecule has 0 bridgehead atoms. The van der Waals surface area contributed by atoms with E-state index in [4.69, 9.17) is 0 Å². The van der Waals surface area contributed by atoms with Crippen LogP contribution in [0.4, 0.5) is 0 Å². The maximum absolute atomic E-state index is 4.44. The van der Waals surface area contributed by atoms with Gasteiger partial charge in [-0.15, -0.1) is 11.8 Å². The molecule has 0 aliphatic rings. The van der Waals surface area contributed by atoms with Crippen molar-refractivity contribution < 1.29 is 0 Å². The van der Waals surface area contributed by atoms with Crippen LogP contribution in [0, 0.1) is 6.92 Å². The number of nitrogens with one attached hydrogen (secondary N) is 1. The van der Waals surface area contributed by atoms with Gasteiger partial charge in [-0.3, -0.25) is 4.98 Å². The maximum atomic E-state index is 4.44. The van der Waals surface area contributed by atoms with Gasteiger partial charge in [-0.25, -0.2) is 0 Å². The minimum Gasteiger partial charge on any atom is -0.313 e. The van der Waals surface area contributed by atoms with E-state index in [9.17, 15) is 0 Å². The number of rotatable bonds is 8. The van der Waals surface area contributed by atoms with E-state index in [-0.39, 0.29) is 0 Å². The van der Waals surface area contributed by atoms with E-state index in [1.165, 1.54) is 10.5 Å². The van der Waals surface area contributed by atoms with Crippen LogP contribution in [0.3, 0.4) is 0 Å². The standard InChI is InChI=1S/C18H24N2S/c1-3-11-19-17(13-16-6-4-5-12-20-16)14-21-18-9-7-15(2)8-10-18/h4-10,12,17,19H,3,11,13-14H2,1-2H3. The Morgan fingerprint density at radius 3 is 2.62 bits per heavy atom. The number of hydrogen-bond acceptors (Lipinski definition) is 3. The van der Waals surface area contributed by atoms with Gasteiger partial charge >= 0.3 is 0 Å². The zero-order valence-electron chi connectivity index (χ0n) is 12.9. The van der Waals surface area contributed by atoms with Crippen LogP contribution in [0.1, 0.15) is 24.6 Å². The molecule has 0 fully saturated rings. The summed E-state index contributed by atoms with van der Waals surface area (Å²) in [6, 6.07) is 15.4. The summed E-state index contributed by atoms with van der Waals surface area (Å²) in [5, 5.41) is 3.64. The third-order valence-corrected chi connectivity index (χ3v) is 4.51. The lowest BCUT2D eigenvalue weighted by atomic mass is 10.1. The number of hydrogen-bond donors (Lipinski definition) is 1. The third-order valence-electron chi connectivity index (χ3n) is 3.34. The quantitative estimate of drug-likeness (QED) is 0.743. The SMILES string of the molecule is CCCNC(CSc1ccc(C)cc1)Cc1ccccn1. The molecule has 2 nitrogen and oxygen atoms in total. The average Bonchev–Trinajstić information content (AvgIpc) is 2.52. The Balaban J connectivity index is 1.91. The molecule has 1 N–H and O–H groups in total. The van der Waals surface area contributed by atoms with Crippen molar-refractivity contribution >= 4 is 11.8 Å². The van der Waals surface area contributed by atoms with Crippen molar-refractivity contribution in [3.05, 3.63) is 59.9 Å². The zero-order chi connectivity index (χ0) is 14.9. The highest BCUT2D eigenvalue weighted by Crippen LogP contribution is 2.20. The summed E-state index contributed by atoms with van der Waals surface area (Å²) in [5.74, 6) is 1.07. The zero-order valence-corrected chi connectivity index (χ0v) is 13.7. The minimum atomic E-state index is 0.464. The molecular formula is C18H24N2S. The fourth-order valence-electron chi connectivity index (χ4n) is 2.14. The highest BCUT2D eigenvalue weighted by Gasteiger charge is 2.10. The molecule has 1 atom stereocenters. The van der Waals surface area contributed by atoms with Gasteiger partial charge in [-0.1, -0.05) is 30.7 Å². The largest absolute Gasteiger partial charge is 0.313 e. The van der Waals surface area contributed by atoms with Crippen LogP contribution >= 0.6 is 11.8 Å². The van der Waals surface area contributed by atoms with Crippen LogP contribution in [0.5, 0.6) is 0 Å². The fraction of sp³-hybridized carbons (Fsp3) is 0.389. The fourth-order valence-corrected chi connectivity index (χ4v) is 3.10. The lowest BCUT2D eigenvalue weighted by Gasteiger charge is -2.18. The van der Waals surface area contributed by atoms with Crippen LogP contribution in [0.15, 0.2) is 53.6 Å². The molecule has 0 amide bonds. The van der Waals surface area contributed by atoms with Crippen LogP contribution in [0.25, 0.3) is 0 Å². The van der Waals surface area contributed by atoms with Gasteiger partial charge in [-0.2, -0.15) is 0 Å². The molecule has 1 aromatic carbocycles. The second-order valence-electron chi connectivity index (χ2n) is 5.30. The molecule has 0 spiro atoms. The number of thioether (sulfide) groups is 1. The highest BCUT2D eigenvalue weighted by molar-refractivity contribution is 7.99. The predicted octanol–water partition coefficient (Wildman–Crippen LogP) is 4.09. The normalized spacial score (nSPS) is 12.3. The van der Waals surface area contributed by atoms with Gasteiger partial charge in [0.2, 0.25) is 0 Å². The second kappa shape index (κ2) is 8.85. The number of benzene rings is 1. The van der Waals surface area contributed by atoms with Crippen molar-refractivity contribution in [3.63, 3.8) is 0 Å². The molecule has 0 saturated carbocycles. The number of nitrogens with zero attached hydrogens (tertiary/aromatic N) is 1. The van der Waals surface area contributed by atoms with Crippen molar-refractivity contribution in [2.24, 2.45) is 0 Å². The van der Waals surface area contributed by atoms with Crippen molar-refractivity contribution in [1.29, 1.82) is 0 Å². The first-order valence-electron chi connectivity index (χ1n) is 7.60. The van der Waals surface area contributed by atoms with Gasteiger partial charge in [0.15, 0.2) is 0 Å². The lowest BCUT2D eigenvalue weighted by Crippen LogP contribution is -2.34. The second-order valence-corrected chi connectivity index (χ2v) is 6.39. The smallest absolute Gasteiger partial charge is 0.0419 e. The van der Waals surface area contributed by atoms with E-state index in [1.54, 1.807) is 0 Å². The summed E-state index contributed by atoms with van der Waals surface area (Å²) in [6.45, 7) is 5.39. The molecule has 1 unspecified atom stereocenters. The van der Waals surface area contributed by atoms with Crippen LogP contribution < -0.4 is 5.32 Å². The van der Waals surface area contributed by atoms with E-state index in [2.05, 4.69) is 60.5 Å². The van der Waals surface area contributed by atoms with E-state index in [0.29, 0.717) is 6.04 Å². The summed E-state index contributed by atoms with van der Waals surface area (Å²) in [7, 11) is 0. The molecule has 21 heavy (non-hydrogen) atoms. The molecule has 1 aromatic heterocycles. The average molecular weight is 300 g/mol. The van der Waals surface area contributed by atoms with E-state index in [0.717, 1.165) is 30.8 Å². The van der Waals surface area contributed by atoms with Crippen molar-refractivity contribution in [3.8, 4) is 0 Å². The molecule has 3 heteroatoms. The lowest BCUT2D eigenvalue weighted by molar-refractivity contribution is 0.545. The van der Waals surface area contributed by atoms with E-state index in [1.807, 2.05) is 24.0 Å². The van der Waals surface area contributed by atoms with E-state index >= 15 is 0 Å². The minimum absolute atomic E-state index is 0.464. The first-order chi connectivity index (χ1) is 10.3. The molecular weight excluding hydrogens is 276 g/mol. The van der Waals surface area contributed by atoms with Crippen molar-refractivity contribution in [1.82, 2.24) is 10.3 Å². The Hall–Kier alpha value is -1.32. The number of aromatic nitrogens is 1. The first-order valence-corrected chi connectivity index (χ1v) is 8.59. The molecule has 0 aliphatic carbocycles. The molecule has 1 heterocycles. The van der Waals surface area contributed by atoms with Crippen molar-refractivity contribution in [2.75, 3.05) is 12.3 Å². The molecule has 2 rings (SSSR count). The van der Waals surface area contributed by atoms with Gasteiger partial charge in [0.05, 0.1) is 0 Å². The number of pyridine rings is 1. The molecule has 112 valence electrons. The Morgan fingerprint density at radius 1 is 1.14 bits per heavy atom. The van der Waals surface area contributed by atoms with E-state index < -0.39 is 0 Å². The first kappa shape index (κ1) is 16.1. The van der Waals surface area contributed by atoms with Gasteiger partial charge in [-0.05, 0) is 44.2 Å². The van der Waals surface area contributed by atoms with Gasteiger partial charge in [0.25, 0.3) is 0 Å². The Labute approximate surface area is 132 Å². The predicted molar refractivity (Wildman–Crippen MR) is 91.9 cm³/mol. The highest BCUT2D eigenvalue weighted by atomic mass is 32.2. The Bertz CT molecular complexity index is 511. The third kappa shape index (κ3) is 5.90. The topological polar surface area (TPSA) is 24.9 Å².